The summed E-state index contributed by atoms with van der Waals surface area (Å²) in [6.07, 6.45) is 0.654. The Bertz CT molecular complexity index is 1210. The molecule has 30 heavy (non-hydrogen) atoms. The molecule has 4 aromatic rings. The molecule has 4 rings (SSSR count). The molecule has 0 saturated heterocycles. The molecular weight excluding hydrogens is 398 g/mol. The molecule has 1 amide bonds. The summed E-state index contributed by atoms with van der Waals surface area (Å²) in [5.74, 6) is 0.263. The van der Waals surface area contributed by atoms with Gasteiger partial charge in [0.15, 0.2) is 0 Å². The van der Waals surface area contributed by atoms with Crippen LogP contribution in [0, 0.1) is 6.92 Å². The van der Waals surface area contributed by atoms with Gasteiger partial charge >= 0.3 is 0 Å². The zero-order chi connectivity index (χ0) is 21.1. The van der Waals surface area contributed by atoms with Crippen molar-refractivity contribution in [1.29, 1.82) is 0 Å². The van der Waals surface area contributed by atoms with Crippen molar-refractivity contribution in [2.75, 3.05) is 5.32 Å². The van der Waals surface area contributed by atoms with Crippen LogP contribution >= 0.6 is 11.3 Å². The highest BCUT2D eigenvalue weighted by Crippen LogP contribution is 2.28. The van der Waals surface area contributed by atoms with Crippen LogP contribution in [0.15, 0.2) is 64.8 Å². The first-order valence-corrected chi connectivity index (χ1v) is 10.5. The second-order valence-corrected chi connectivity index (χ2v) is 7.82. The second-order valence-electron chi connectivity index (χ2n) is 6.88. The van der Waals surface area contributed by atoms with E-state index in [1.807, 2.05) is 54.8 Å². The Hall–Kier alpha value is -3.52. The van der Waals surface area contributed by atoms with Gasteiger partial charge < -0.3 is 5.32 Å². The van der Waals surface area contributed by atoms with Crippen LogP contribution in [0.5, 0.6) is 0 Å². The number of rotatable bonds is 6. The molecule has 0 fully saturated rings. The number of nitrogens with one attached hydrogen (secondary N) is 2. The van der Waals surface area contributed by atoms with E-state index >= 15 is 0 Å². The van der Waals surface area contributed by atoms with Gasteiger partial charge in [-0.05, 0) is 30.4 Å². The summed E-state index contributed by atoms with van der Waals surface area (Å²) in [5.41, 5.74) is 1.93. The van der Waals surface area contributed by atoms with Gasteiger partial charge in [-0.1, -0.05) is 43.3 Å². The zero-order valence-electron chi connectivity index (χ0n) is 16.6. The lowest BCUT2D eigenvalue weighted by Crippen LogP contribution is -2.23. The van der Waals surface area contributed by atoms with Gasteiger partial charge in [0.25, 0.3) is 5.56 Å². The number of hydrogen-bond donors (Lipinski definition) is 2. The van der Waals surface area contributed by atoms with Gasteiger partial charge in [0.1, 0.15) is 11.5 Å². The number of H-pyrrole nitrogens is 1. The number of aryl methyl sites for hydroxylation is 1. The second kappa shape index (κ2) is 8.46. The van der Waals surface area contributed by atoms with Gasteiger partial charge in [0.2, 0.25) is 11.9 Å². The van der Waals surface area contributed by atoms with E-state index in [2.05, 4.69) is 20.4 Å². The molecule has 0 aliphatic heterocycles. The molecule has 3 aromatic heterocycles. The fourth-order valence-corrected chi connectivity index (χ4v) is 3.99. The molecule has 8 heteroatoms. The highest BCUT2D eigenvalue weighted by atomic mass is 32.1. The summed E-state index contributed by atoms with van der Waals surface area (Å²) < 4.78 is 1.47. The third-order valence-electron chi connectivity index (χ3n) is 4.72. The first-order valence-electron chi connectivity index (χ1n) is 9.63. The number of nitrogens with zero attached hydrogens (tertiary/aromatic N) is 3. The van der Waals surface area contributed by atoms with E-state index < -0.39 is 0 Å². The molecule has 2 N–H and O–H groups in total. The molecule has 0 bridgehead atoms. The number of carbonyl (C=O) groups is 1. The van der Waals surface area contributed by atoms with Crippen LogP contribution in [0.4, 0.5) is 5.82 Å². The number of benzene rings is 1. The zero-order valence-corrected chi connectivity index (χ0v) is 17.4. The smallest absolute Gasteiger partial charge is 0.252 e. The van der Waals surface area contributed by atoms with Crippen molar-refractivity contribution in [3.05, 3.63) is 81.6 Å². The van der Waals surface area contributed by atoms with Gasteiger partial charge in [-0.15, -0.1) is 11.3 Å². The number of hydrogen-bond acceptors (Lipinski definition) is 5. The summed E-state index contributed by atoms with van der Waals surface area (Å²) >= 11 is 1.55. The van der Waals surface area contributed by atoms with E-state index in [9.17, 15) is 9.59 Å². The third-order valence-corrected chi connectivity index (χ3v) is 5.61. The van der Waals surface area contributed by atoms with E-state index in [4.69, 9.17) is 0 Å². The van der Waals surface area contributed by atoms with Crippen molar-refractivity contribution >= 4 is 23.1 Å². The van der Waals surface area contributed by atoms with Crippen LogP contribution in [0.1, 0.15) is 30.5 Å². The monoisotopic (exact) mass is 419 g/mol. The fourth-order valence-electron chi connectivity index (χ4n) is 3.31. The Kier molecular flexibility index (Phi) is 5.58. The molecule has 0 aliphatic rings. The maximum atomic E-state index is 13.1. The lowest BCUT2D eigenvalue weighted by Gasteiger charge is -2.16. The molecule has 0 saturated carbocycles. The van der Waals surface area contributed by atoms with Crippen LogP contribution in [0.2, 0.25) is 0 Å². The van der Waals surface area contributed by atoms with Crippen LogP contribution < -0.4 is 10.9 Å². The van der Waals surface area contributed by atoms with E-state index in [1.165, 1.54) is 10.7 Å². The van der Waals surface area contributed by atoms with Crippen molar-refractivity contribution in [3.63, 3.8) is 0 Å². The van der Waals surface area contributed by atoms with Gasteiger partial charge in [-0.2, -0.15) is 9.78 Å². The first kappa shape index (κ1) is 19.8. The Labute approximate surface area is 177 Å². The Morgan fingerprint density at radius 3 is 2.67 bits per heavy atom. The minimum atomic E-state index is -0.302. The number of aromatic amines is 1. The molecular formula is C22H21N5O2S. The summed E-state index contributed by atoms with van der Waals surface area (Å²) in [4.78, 5) is 33.1. The largest absolute Gasteiger partial charge is 0.310 e. The fraction of sp³-hybridized carbons (Fsp3) is 0.182. The minimum absolute atomic E-state index is 0.141. The van der Waals surface area contributed by atoms with E-state index in [0.717, 1.165) is 10.4 Å². The molecule has 7 nitrogen and oxygen atoms in total. The Balaban J connectivity index is 1.74. The molecule has 0 spiro atoms. The maximum absolute atomic E-state index is 13.1. The van der Waals surface area contributed by atoms with E-state index in [0.29, 0.717) is 23.6 Å². The lowest BCUT2D eigenvalue weighted by molar-refractivity contribution is -0.117. The van der Waals surface area contributed by atoms with Crippen LogP contribution in [0.25, 0.3) is 16.5 Å². The predicted molar refractivity (Wildman–Crippen MR) is 118 cm³/mol. The van der Waals surface area contributed by atoms with Crippen molar-refractivity contribution in [2.45, 2.75) is 26.2 Å². The SMILES string of the molecule is CCC(C(=O)Nc1cc(-c2cccs2)nn1-c1nc(C)cc(=O)[nH]1)c1ccccc1. The normalized spacial score (nSPS) is 11.9. The number of thiophene rings is 1. The highest BCUT2D eigenvalue weighted by molar-refractivity contribution is 7.13. The molecule has 3 heterocycles. The van der Waals surface area contributed by atoms with Gasteiger partial charge in [0, 0.05) is 17.8 Å². The van der Waals surface area contributed by atoms with Crippen molar-refractivity contribution < 1.29 is 4.79 Å². The summed E-state index contributed by atoms with van der Waals surface area (Å²) in [5, 5.41) is 9.54. The molecule has 1 atom stereocenters. The Morgan fingerprint density at radius 1 is 1.20 bits per heavy atom. The molecule has 0 radical (unpaired) electrons. The lowest BCUT2D eigenvalue weighted by atomic mass is 9.96. The average Bonchev–Trinajstić information content (AvgIpc) is 3.38. The number of amides is 1. The Morgan fingerprint density at radius 2 is 2.00 bits per heavy atom. The van der Waals surface area contributed by atoms with E-state index in [-0.39, 0.29) is 23.3 Å². The minimum Gasteiger partial charge on any atom is -0.310 e. The molecule has 152 valence electrons. The number of carbonyl (C=O) groups excluding carboxylic acids is 1. The topological polar surface area (TPSA) is 92.7 Å². The quantitative estimate of drug-likeness (QED) is 0.492. The van der Waals surface area contributed by atoms with Crippen molar-refractivity contribution in [1.82, 2.24) is 19.7 Å². The van der Waals surface area contributed by atoms with Gasteiger partial charge in [0.05, 0.1) is 10.8 Å². The molecule has 0 aliphatic carbocycles. The predicted octanol–water partition coefficient (Wildman–Crippen LogP) is 4.12. The van der Waals surface area contributed by atoms with Crippen LogP contribution in [0.3, 0.4) is 0 Å². The summed E-state index contributed by atoms with van der Waals surface area (Å²) in [6.45, 7) is 3.72. The standard InChI is InChI=1S/C22H21N5O2S/c1-3-16(15-8-5-4-6-9-15)21(29)24-19-13-17(18-10-7-11-30-18)26-27(19)22-23-14(2)12-20(28)25-22/h4-13,16H,3H2,1-2H3,(H,24,29)(H,23,25,28). The van der Waals surface area contributed by atoms with Crippen LogP contribution in [-0.2, 0) is 4.79 Å². The number of aromatic nitrogens is 4. The molecule has 1 aromatic carbocycles. The number of anilines is 1. The van der Waals surface area contributed by atoms with Crippen molar-refractivity contribution in [2.24, 2.45) is 0 Å². The van der Waals surface area contributed by atoms with Gasteiger partial charge in [-0.25, -0.2) is 4.98 Å². The summed E-state index contributed by atoms with van der Waals surface area (Å²) in [7, 11) is 0. The van der Waals surface area contributed by atoms with Crippen molar-refractivity contribution in [3.8, 4) is 16.5 Å². The highest BCUT2D eigenvalue weighted by Gasteiger charge is 2.22. The van der Waals surface area contributed by atoms with Crippen LogP contribution in [-0.4, -0.2) is 25.7 Å². The van der Waals surface area contributed by atoms with E-state index in [1.54, 1.807) is 24.3 Å². The van der Waals surface area contributed by atoms with Gasteiger partial charge in [-0.3, -0.25) is 14.6 Å². The first-order chi connectivity index (χ1) is 14.5. The maximum Gasteiger partial charge on any atom is 0.252 e. The molecule has 1 unspecified atom stereocenters. The average molecular weight is 420 g/mol. The third kappa shape index (κ3) is 4.08. The summed E-state index contributed by atoms with van der Waals surface area (Å²) in [6, 6.07) is 16.8.